The second-order valence-electron chi connectivity index (χ2n) is 3.34. The molecule has 0 radical (unpaired) electrons. The van der Waals surface area contributed by atoms with Crippen LogP contribution in [0.3, 0.4) is 0 Å². The highest BCUT2D eigenvalue weighted by atomic mass is 32.2. The van der Waals surface area contributed by atoms with Crippen molar-refractivity contribution in [2.24, 2.45) is 4.99 Å². The van der Waals surface area contributed by atoms with Gasteiger partial charge in [-0.05, 0) is 30.7 Å². The van der Waals surface area contributed by atoms with Gasteiger partial charge in [0, 0.05) is 11.4 Å². The third-order valence-electron chi connectivity index (χ3n) is 2.26. The molecule has 0 unspecified atom stereocenters. The Labute approximate surface area is 93.9 Å². The molecule has 1 heterocycles. The van der Waals surface area contributed by atoms with E-state index in [1.54, 1.807) is 18.9 Å². The van der Waals surface area contributed by atoms with Crippen LogP contribution in [0.25, 0.3) is 0 Å². The predicted molar refractivity (Wildman–Crippen MR) is 66.1 cm³/mol. The highest BCUT2D eigenvalue weighted by Crippen LogP contribution is 2.23. The van der Waals surface area contributed by atoms with E-state index in [-0.39, 0.29) is 0 Å². The van der Waals surface area contributed by atoms with E-state index in [0.29, 0.717) is 0 Å². The maximum atomic E-state index is 5.16. The third-order valence-corrected chi connectivity index (χ3v) is 3.15. The minimum absolute atomic E-state index is 0.888. The molecule has 3 nitrogen and oxygen atoms in total. The number of hydrogen-bond donors (Lipinski definition) is 1. The van der Waals surface area contributed by atoms with Crippen molar-refractivity contribution in [2.45, 2.75) is 6.92 Å². The first-order chi connectivity index (χ1) is 7.29. The van der Waals surface area contributed by atoms with E-state index < -0.39 is 0 Å². The van der Waals surface area contributed by atoms with Crippen LogP contribution < -0.4 is 10.1 Å². The summed E-state index contributed by atoms with van der Waals surface area (Å²) >= 11 is 1.76. The number of methoxy groups -OCH3 is 1. The van der Waals surface area contributed by atoms with Gasteiger partial charge in [-0.3, -0.25) is 4.99 Å². The van der Waals surface area contributed by atoms with Crippen LogP contribution in [0.1, 0.15) is 5.56 Å². The van der Waals surface area contributed by atoms with Crippen LogP contribution in [-0.2, 0) is 0 Å². The molecule has 80 valence electrons. The second kappa shape index (κ2) is 4.57. The molecule has 1 aliphatic rings. The number of nitrogens with zero attached hydrogens (tertiary/aromatic N) is 1. The van der Waals surface area contributed by atoms with Gasteiger partial charge < -0.3 is 10.1 Å². The van der Waals surface area contributed by atoms with Crippen molar-refractivity contribution in [3.63, 3.8) is 0 Å². The van der Waals surface area contributed by atoms with Gasteiger partial charge >= 0.3 is 0 Å². The fourth-order valence-corrected chi connectivity index (χ4v) is 2.17. The average molecular weight is 222 g/mol. The maximum absolute atomic E-state index is 5.16. The first kappa shape index (κ1) is 10.4. The van der Waals surface area contributed by atoms with Crippen molar-refractivity contribution in [3.8, 4) is 5.75 Å². The summed E-state index contributed by atoms with van der Waals surface area (Å²) in [4.78, 5) is 4.35. The number of aliphatic imine (C=N–C) groups is 1. The summed E-state index contributed by atoms with van der Waals surface area (Å²) in [7, 11) is 1.68. The van der Waals surface area contributed by atoms with Gasteiger partial charge in [-0.15, -0.1) is 0 Å². The quantitative estimate of drug-likeness (QED) is 0.834. The zero-order chi connectivity index (χ0) is 10.7. The highest BCUT2D eigenvalue weighted by molar-refractivity contribution is 8.14. The second-order valence-corrected chi connectivity index (χ2v) is 4.42. The molecule has 4 heteroatoms. The van der Waals surface area contributed by atoms with E-state index >= 15 is 0 Å². The lowest BCUT2D eigenvalue weighted by atomic mass is 10.2. The van der Waals surface area contributed by atoms with Crippen LogP contribution in [0.4, 0.5) is 5.69 Å². The minimum Gasteiger partial charge on any atom is -0.497 e. The van der Waals surface area contributed by atoms with Crippen molar-refractivity contribution >= 4 is 22.6 Å². The normalized spacial score (nSPS) is 14.9. The lowest BCUT2D eigenvalue weighted by Crippen LogP contribution is -2.06. The summed E-state index contributed by atoms with van der Waals surface area (Å²) < 4.78 is 5.16. The monoisotopic (exact) mass is 222 g/mol. The van der Waals surface area contributed by atoms with Gasteiger partial charge in [0.05, 0.1) is 13.7 Å². The Morgan fingerprint density at radius 1 is 1.47 bits per heavy atom. The Bertz CT molecular complexity index is 390. The Kier molecular flexibility index (Phi) is 3.16. The smallest absolute Gasteiger partial charge is 0.161 e. The van der Waals surface area contributed by atoms with E-state index in [0.717, 1.165) is 28.9 Å². The molecule has 1 aromatic carbocycles. The molecule has 0 saturated heterocycles. The lowest BCUT2D eigenvalue weighted by molar-refractivity contribution is 0.414. The predicted octanol–water partition coefficient (Wildman–Crippen LogP) is 2.52. The molecule has 0 amide bonds. The number of rotatable bonds is 2. The first-order valence-electron chi connectivity index (χ1n) is 4.88. The van der Waals surface area contributed by atoms with Gasteiger partial charge in [0.1, 0.15) is 5.75 Å². The molecule has 2 rings (SSSR count). The summed E-state index contributed by atoms with van der Waals surface area (Å²) in [6.45, 7) is 2.98. The number of aryl methyl sites for hydroxylation is 1. The van der Waals surface area contributed by atoms with Crippen LogP contribution in [0, 0.1) is 6.92 Å². The van der Waals surface area contributed by atoms with Crippen LogP contribution >= 0.6 is 11.8 Å². The number of benzene rings is 1. The molecule has 0 atom stereocenters. The number of amidine groups is 1. The Hall–Kier alpha value is -1.16. The van der Waals surface area contributed by atoms with Gasteiger partial charge in [-0.25, -0.2) is 0 Å². The zero-order valence-corrected chi connectivity index (χ0v) is 9.73. The molecular formula is C11H14N2OS. The highest BCUT2D eigenvalue weighted by Gasteiger charge is 2.08. The number of anilines is 1. The van der Waals surface area contributed by atoms with Crippen LogP contribution in [0.2, 0.25) is 0 Å². The molecule has 0 bridgehead atoms. The molecule has 1 N–H and O–H groups in total. The van der Waals surface area contributed by atoms with Gasteiger partial charge in [0.2, 0.25) is 0 Å². The van der Waals surface area contributed by atoms with Gasteiger partial charge in [0.25, 0.3) is 0 Å². The number of nitrogens with one attached hydrogen (secondary N) is 1. The van der Waals surface area contributed by atoms with Crippen molar-refractivity contribution < 1.29 is 4.74 Å². The standard InChI is InChI=1S/C11H14N2OS/c1-8-7-9(14-2)3-4-10(8)13-11-12-5-6-15-11/h3-4,7H,5-6H2,1-2H3,(H,12,13). The summed E-state index contributed by atoms with van der Waals surface area (Å²) in [5.74, 6) is 1.97. The van der Waals surface area contributed by atoms with Gasteiger partial charge in [-0.1, -0.05) is 11.8 Å². The van der Waals surface area contributed by atoms with E-state index in [1.165, 1.54) is 5.56 Å². The molecular weight excluding hydrogens is 208 g/mol. The molecule has 1 aromatic rings. The molecule has 1 aliphatic heterocycles. The van der Waals surface area contributed by atoms with Crippen molar-refractivity contribution in [1.29, 1.82) is 0 Å². The fourth-order valence-electron chi connectivity index (χ4n) is 1.43. The largest absolute Gasteiger partial charge is 0.497 e. The molecule has 0 spiro atoms. The maximum Gasteiger partial charge on any atom is 0.161 e. The minimum atomic E-state index is 0.888. The first-order valence-corrected chi connectivity index (χ1v) is 5.87. The van der Waals surface area contributed by atoms with E-state index in [2.05, 4.69) is 17.2 Å². The molecule has 0 saturated carbocycles. The number of ether oxygens (including phenoxy) is 1. The number of thioether (sulfide) groups is 1. The van der Waals surface area contributed by atoms with E-state index in [4.69, 9.17) is 4.74 Å². The van der Waals surface area contributed by atoms with Crippen LogP contribution in [-0.4, -0.2) is 24.6 Å². The zero-order valence-electron chi connectivity index (χ0n) is 8.91. The summed E-state index contributed by atoms with van der Waals surface area (Å²) in [5, 5.41) is 4.33. The average Bonchev–Trinajstić information content (AvgIpc) is 2.74. The molecule has 0 fully saturated rings. The van der Waals surface area contributed by atoms with Crippen LogP contribution in [0.5, 0.6) is 5.75 Å². The topological polar surface area (TPSA) is 33.6 Å². The summed E-state index contributed by atoms with van der Waals surface area (Å²) in [5.41, 5.74) is 2.27. The van der Waals surface area contributed by atoms with E-state index in [1.807, 2.05) is 18.2 Å². The van der Waals surface area contributed by atoms with Gasteiger partial charge in [0.15, 0.2) is 5.17 Å². The van der Waals surface area contributed by atoms with Crippen LogP contribution in [0.15, 0.2) is 23.2 Å². The number of hydrogen-bond acceptors (Lipinski definition) is 4. The SMILES string of the molecule is COc1ccc(NC2=NCCS2)c(C)c1. The Balaban J connectivity index is 2.14. The summed E-state index contributed by atoms with van der Waals surface area (Å²) in [6, 6.07) is 5.99. The van der Waals surface area contributed by atoms with Crippen molar-refractivity contribution in [3.05, 3.63) is 23.8 Å². The van der Waals surface area contributed by atoms with Crippen molar-refractivity contribution in [2.75, 3.05) is 24.7 Å². The van der Waals surface area contributed by atoms with E-state index in [9.17, 15) is 0 Å². The summed E-state index contributed by atoms with van der Waals surface area (Å²) in [6.07, 6.45) is 0. The lowest BCUT2D eigenvalue weighted by Gasteiger charge is -2.09. The Morgan fingerprint density at radius 2 is 2.33 bits per heavy atom. The Morgan fingerprint density at radius 3 is 2.93 bits per heavy atom. The fraction of sp³-hybridized carbons (Fsp3) is 0.364. The third kappa shape index (κ3) is 2.45. The molecule has 0 aliphatic carbocycles. The van der Waals surface area contributed by atoms with Crippen molar-refractivity contribution in [1.82, 2.24) is 0 Å². The molecule has 0 aromatic heterocycles. The van der Waals surface area contributed by atoms with Gasteiger partial charge in [-0.2, -0.15) is 0 Å². The molecule has 15 heavy (non-hydrogen) atoms.